The molecule has 0 spiro atoms. The molecule has 0 aromatic heterocycles. The second-order valence-corrected chi connectivity index (χ2v) is 3.41. The Morgan fingerprint density at radius 2 is 1.91 bits per heavy atom. The summed E-state index contributed by atoms with van der Waals surface area (Å²) in [7, 11) is 0. The molecule has 11 heavy (non-hydrogen) atoms. The molecule has 2 fully saturated rings. The summed E-state index contributed by atoms with van der Waals surface area (Å²) < 4.78 is 0. The second-order valence-electron chi connectivity index (χ2n) is 3.41. The highest BCUT2D eigenvalue weighted by molar-refractivity contribution is 5.85. The van der Waals surface area contributed by atoms with Crippen molar-refractivity contribution in [3.63, 3.8) is 0 Å². The molecular weight excluding hydrogens is 183 g/mol. The minimum Gasteiger partial charge on any atom is -0.327 e. The third-order valence-electron chi connectivity index (χ3n) is 2.50. The third-order valence-corrected chi connectivity index (χ3v) is 2.50. The topological polar surface area (TPSA) is 29.3 Å². The van der Waals surface area contributed by atoms with Crippen molar-refractivity contribution in [2.45, 2.75) is 18.9 Å². The van der Waals surface area contributed by atoms with Crippen molar-refractivity contribution in [3.8, 4) is 0 Å². The molecule has 2 aliphatic heterocycles. The molecule has 0 aromatic carbocycles. The summed E-state index contributed by atoms with van der Waals surface area (Å²) in [4.78, 5) is 2.48. The Kier molecular flexibility index (Phi) is 4.71. The van der Waals surface area contributed by atoms with E-state index < -0.39 is 0 Å². The van der Waals surface area contributed by atoms with Gasteiger partial charge in [-0.2, -0.15) is 0 Å². The van der Waals surface area contributed by atoms with E-state index in [0.717, 1.165) is 12.5 Å². The van der Waals surface area contributed by atoms with Crippen LogP contribution < -0.4 is 5.73 Å². The van der Waals surface area contributed by atoms with Gasteiger partial charge in [0.1, 0.15) is 0 Å². The van der Waals surface area contributed by atoms with Gasteiger partial charge < -0.3 is 10.6 Å². The lowest BCUT2D eigenvalue weighted by Gasteiger charge is -2.26. The van der Waals surface area contributed by atoms with Gasteiger partial charge in [-0.05, 0) is 25.3 Å². The van der Waals surface area contributed by atoms with Crippen molar-refractivity contribution in [2.75, 3.05) is 19.6 Å². The first kappa shape index (κ1) is 11.5. The van der Waals surface area contributed by atoms with Crippen molar-refractivity contribution >= 4 is 24.8 Å². The van der Waals surface area contributed by atoms with Gasteiger partial charge in [-0.15, -0.1) is 24.8 Å². The molecule has 3 atom stereocenters. The van der Waals surface area contributed by atoms with Crippen molar-refractivity contribution in [3.05, 3.63) is 0 Å². The first-order chi connectivity index (χ1) is 4.34. The van der Waals surface area contributed by atoms with E-state index in [1.165, 1.54) is 25.9 Å². The lowest BCUT2D eigenvalue weighted by molar-refractivity contribution is 0.244. The molecule has 0 aromatic rings. The van der Waals surface area contributed by atoms with Gasteiger partial charge in [-0.3, -0.25) is 0 Å². The number of halogens is 2. The predicted molar refractivity (Wildman–Crippen MR) is 51.6 cm³/mol. The maximum absolute atomic E-state index is 5.81. The Morgan fingerprint density at radius 3 is 2.55 bits per heavy atom. The number of nitrogens with two attached hydrogens (primary N) is 1. The van der Waals surface area contributed by atoms with Gasteiger partial charge in [0, 0.05) is 19.1 Å². The van der Waals surface area contributed by atoms with Crippen LogP contribution in [0.15, 0.2) is 0 Å². The molecule has 0 aliphatic carbocycles. The molecule has 0 amide bonds. The largest absolute Gasteiger partial charge is 0.327 e. The fourth-order valence-corrected chi connectivity index (χ4v) is 2.11. The maximum atomic E-state index is 5.81. The maximum Gasteiger partial charge on any atom is 0.0170 e. The monoisotopic (exact) mass is 198 g/mol. The highest BCUT2D eigenvalue weighted by Crippen LogP contribution is 2.25. The van der Waals surface area contributed by atoms with Crippen LogP contribution in [0.4, 0.5) is 0 Å². The first-order valence-electron chi connectivity index (χ1n) is 3.82. The lowest BCUT2D eigenvalue weighted by atomic mass is 9.98. The number of fused-ring (bicyclic) bond motifs is 2. The van der Waals surface area contributed by atoms with Crippen molar-refractivity contribution in [1.29, 1.82) is 0 Å². The van der Waals surface area contributed by atoms with E-state index in [9.17, 15) is 0 Å². The van der Waals surface area contributed by atoms with Crippen LogP contribution in [0.2, 0.25) is 0 Å². The fraction of sp³-hybridized carbons (Fsp3) is 1.00. The third kappa shape index (κ3) is 2.48. The van der Waals surface area contributed by atoms with Gasteiger partial charge in [0.15, 0.2) is 0 Å². The van der Waals surface area contributed by atoms with Crippen LogP contribution in [0.25, 0.3) is 0 Å². The van der Waals surface area contributed by atoms with Crippen molar-refractivity contribution < 1.29 is 0 Å². The molecule has 2 rings (SSSR count). The quantitative estimate of drug-likeness (QED) is 0.627. The van der Waals surface area contributed by atoms with Crippen LogP contribution in [-0.2, 0) is 0 Å². The van der Waals surface area contributed by atoms with Crippen LogP contribution in [0.3, 0.4) is 0 Å². The normalized spacial score (nSPS) is 40.6. The summed E-state index contributed by atoms with van der Waals surface area (Å²) in [5, 5.41) is 0. The Morgan fingerprint density at radius 1 is 1.18 bits per heavy atom. The molecule has 1 unspecified atom stereocenters. The molecule has 2 bridgehead atoms. The molecule has 2 aliphatic rings. The SMILES string of the molecule is Cl.Cl.N[C@@H]1C[C@@H]2CCN(C1)C2. The van der Waals surface area contributed by atoms with Gasteiger partial charge in [0.2, 0.25) is 0 Å². The number of piperidine rings is 1. The summed E-state index contributed by atoms with van der Waals surface area (Å²) in [5.41, 5.74) is 5.81. The van der Waals surface area contributed by atoms with Crippen molar-refractivity contribution in [1.82, 2.24) is 4.90 Å². The highest BCUT2D eigenvalue weighted by atomic mass is 35.5. The molecule has 2 nitrogen and oxygen atoms in total. The molecule has 2 saturated heterocycles. The minimum absolute atomic E-state index is 0. The molecule has 4 heteroatoms. The fourth-order valence-electron chi connectivity index (χ4n) is 2.11. The second kappa shape index (κ2) is 4.51. The predicted octanol–water partition coefficient (Wildman–Crippen LogP) is 0.883. The Hall–Kier alpha value is 0.500. The minimum atomic E-state index is 0. The van der Waals surface area contributed by atoms with Crippen LogP contribution in [0.1, 0.15) is 12.8 Å². The summed E-state index contributed by atoms with van der Waals surface area (Å²) in [6.07, 6.45) is 2.67. The first-order valence-corrected chi connectivity index (χ1v) is 3.82. The highest BCUT2D eigenvalue weighted by Gasteiger charge is 2.29. The summed E-state index contributed by atoms with van der Waals surface area (Å²) in [6.45, 7) is 3.78. The van der Waals surface area contributed by atoms with E-state index in [4.69, 9.17) is 5.73 Å². The zero-order chi connectivity index (χ0) is 6.27. The zero-order valence-electron chi connectivity index (χ0n) is 6.53. The number of rotatable bonds is 0. The Labute approximate surface area is 80.3 Å². The lowest BCUT2D eigenvalue weighted by Crippen LogP contribution is -2.41. The van der Waals surface area contributed by atoms with Crippen LogP contribution in [0, 0.1) is 5.92 Å². The van der Waals surface area contributed by atoms with Crippen LogP contribution >= 0.6 is 24.8 Å². The van der Waals surface area contributed by atoms with Gasteiger partial charge in [-0.25, -0.2) is 0 Å². The van der Waals surface area contributed by atoms with Crippen LogP contribution in [-0.4, -0.2) is 30.6 Å². The number of hydrogen-bond donors (Lipinski definition) is 1. The van der Waals surface area contributed by atoms with E-state index in [1.54, 1.807) is 0 Å². The number of nitrogens with zero attached hydrogens (tertiary/aromatic N) is 1. The standard InChI is InChI=1S/C7H14N2.2ClH/c8-7-3-6-1-2-9(4-6)5-7;;/h6-7H,1-5,8H2;2*1H/t6-,7+;;/m0../s1. The van der Waals surface area contributed by atoms with E-state index in [1.807, 2.05) is 0 Å². The van der Waals surface area contributed by atoms with Crippen LogP contribution in [0.5, 0.6) is 0 Å². The van der Waals surface area contributed by atoms with E-state index >= 15 is 0 Å². The van der Waals surface area contributed by atoms with Gasteiger partial charge in [0.05, 0.1) is 0 Å². The molecular formula is C7H16Cl2N2. The van der Waals surface area contributed by atoms with Gasteiger partial charge in [0.25, 0.3) is 0 Å². The average Bonchev–Trinajstić information content (AvgIpc) is 2.11. The summed E-state index contributed by atoms with van der Waals surface area (Å²) >= 11 is 0. The van der Waals surface area contributed by atoms with Gasteiger partial charge in [-0.1, -0.05) is 0 Å². The number of hydrogen-bond acceptors (Lipinski definition) is 2. The van der Waals surface area contributed by atoms with E-state index in [0.29, 0.717) is 6.04 Å². The summed E-state index contributed by atoms with van der Waals surface area (Å²) in [6, 6.07) is 0.478. The van der Waals surface area contributed by atoms with E-state index in [2.05, 4.69) is 4.90 Å². The average molecular weight is 199 g/mol. The summed E-state index contributed by atoms with van der Waals surface area (Å²) in [5.74, 6) is 0.939. The molecule has 0 radical (unpaired) electrons. The van der Waals surface area contributed by atoms with Crippen molar-refractivity contribution in [2.24, 2.45) is 11.7 Å². The molecule has 2 heterocycles. The smallest absolute Gasteiger partial charge is 0.0170 e. The Balaban J connectivity index is 0.000000500. The van der Waals surface area contributed by atoms with Gasteiger partial charge >= 0.3 is 0 Å². The Bertz CT molecular complexity index is 109. The molecule has 68 valence electrons. The van der Waals surface area contributed by atoms with E-state index in [-0.39, 0.29) is 24.8 Å². The molecule has 0 saturated carbocycles. The zero-order valence-corrected chi connectivity index (χ0v) is 8.16. The molecule has 2 N–H and O–H groups in total.